The first-order valence-electron chi connectivity index (χ1n) is 5.89. The summed E-state index contributed by atoms with van der Waals surface area (Å²) in [4.78, 5) is 24.3. The maximum absolute atomic E-state index is 11.7. The van der Waals surface area contributed by atoms with Crippen LogP contribution in [0.2, 0.25) is 0 Å². The molecule has 1 heterocycles. The quantitative estimate of drug-likeness (QED) is 0.788. The number of carbonyl (C=O) groups is 1. The average Bonchev–Trinajstić information content (AvgIpc) is 2.37. The Balaban J connectivity index is 2.26. The van der Waals surface area contributed by atoms with Crippen molar-refractivity contribution >= 4 is 16.9 Å². The Morgan fingerprint density at radius 1 is 1.26 bits per heavy atom. The van der Waals surface area contributed by atoms with Gasteiger partial charge in [-0.15, -0.1) is 0 Å². The molecule has 19 heavy (non-hydrogen) atoms. The molecule has 0 aliphatic carbocycles. The summed E-state index contributed by atoms with van der Waals surface area (Å²) in [7, 11) is 3.34. The van der Waals surface area contributed by atoms with Gasteiger partial charge in [-0.05, 0) is 25.1 Å². The summed E-state index contributed by atoms with van der Waals surface area (Å²) in [6.45, 7) is 1.67. The molecule has 1 atom stereocenters. The number of fused-ring (bicyclic) bond motifs is 1. The molecule has 2 aromatic rings. The smallest absolute Gasteiger partial charge is 0.336 e. The molecule has 1 aromatic heterocycles. The van der Waals surface area contributed by atoms with Crippen LogP contribution >= 0.6 is 0 Å². The van der Waals surface area contributed by atoms with E-state index in [2.05, 4.69) is 0 Å². The molecule has 0 unspecified atom stereocenters. The van der Waals surface area contributed by atoms with Crippen molar-refractivity contribution in [3.05, 3.63) is 40.8 Å². The van der Waals surface area contributed by atoms with Crippen LogP contribution in [-0.2, 0) is 4.79 Å². The van der Waals surface area contributed by atoms with Crippen molar-refractivity contribution in [1.29, 1.82) is 0 Å². The minimum Gasteiger partial charge on any atom is -0.481 e. The number of ether oxygens (including phenoxy) is 1. The van der Waals surface area contributed by atoms with E-state index in [0.717, 1.165) is 5.39 Å². The molecule has 2 rings (SSSR count). The Labute approximate surface area is 110 Å². The van der Waals surface area contributed by atoms with Crippen molar-refractivity contribution in [3.8, 4) is 5.75 Å². The molecular weight excluding hydrogens is 246 g/mol. The topological polar surface area (TPSA) is 59.8 Å². The fourth-order valence-corrected chi connectivity index (χ4v) is 1.73. The number of nitrogens with zero attached hydrogens (tertiary/aromatic N) is 1. The zero-order valence-electron chi connectivity index (χ0n) is 11.0. The molecule has 1 amide bonds. The predicted molar refractivity (Wildman–Crippen MR) is 71.3 cm³/mol. The zero-order valence-corrected chi connectivity index (χ0v) is 11.0. The molecule has 0 aliphatic rings. The molecule has 0 saturated carbocycles. The molecule has 1 aromatic carbocycles. The van der Waals surface area contributed by atoms with Gasteiger partial charge in [0, 0.05) is 31.6 Å². The number of hydrogen-bond acceptors (Lipinski definition) is 4. The highest BCUT2D eigenvalue weighted by Gasteiger charge is 2.16. The zero-order chi connectivity index (χ0) is 14.0. The molecule has 100 valence electrons. The number of amides is 1. The molecule has 5 heteroatoms. The summed E-state index contributed by atoms with van der Waals surface area (Å²) in [5, 5.41) is 0.804. The molecule has 0 bridgehead atoms. The number of rotatable bonds is 3. The van der Waals surface area contributed by atoms with Gasteiger partial charge in [0.25, 0.3) is 5.91 Å². The van der Waals surface area contributed by atoms with Crippen molar-refractivity contribution in [3.63, 3.8) is 0 Å². The second kappa shape index (κ2) is 5.14. The van der Waals surface area contributed by atoms with Gasteiger partial charge in [-0.3, -0.25) is 4.79 Å². The van der Waals surface area contributed by atoms with Gasteiger partial charge in [-0.25, -0.2) is 4.79 Å². The summed E-state index contributed by atoms with van der Waals surface area (Å²) in [6.07, 6.45) is -0.595. The molecule has 0 saturated heterocycles. The first kappa shape index (κ1) is 13.1. The van der Waals surface area contributed by atoms with Gasteiger partial charge >= 0.3 is 5.63 Å². The molecule has 5 nitrogen and oxygen atoms in total. The molecular formula is C14H15NO4. The lowest BCUT2D eigenvalue weighted by Crippen LogP contribution is -2.35. The summed E-state index contributed by atoms with van der Waals surface area (Å²) in [5.74, 6) is 0.360. The third-order valence-corrected chi connectivity index (χ3v) is 2.70. The van der Waals surface area contributed by atoms with E-state index in [1.54, 1.807) is 45.3 Å². The van der Waals surface area contributed by atoms with Crippen molar-refractivity contribution in [2.24, 2.45) is 0 Å². The van der Waals surface area contributed by atoms with Gasteiger partial charge < -0.3 is 14.1 Å². The number of likely N-dealkylation sites (N-methyl/N-ethyl adjacent to an activating group) is 1. The molecule has 0 fully saturated rings. The summed E-state index contributed by atoms with van der Waals surface area (Å²) in [6, 6.07) is 8.17. The number of hydrogen-bond donors (Lipinski definition) is 0. The van der Waals surface area contributed by atoms with Crippen molar-refractivity contribution < 1.29 is 13.9 Å². The third kappa shape index (κ3) is 2.93. The Morgan fingerprint density at radius 2 is 1.95 bits per heavy atom. The van der Waals surface area contributed by atoms with E-state index in [1.165, 1.54) is 11.0 Å². The lowest BCUT2D eigenvalue weighted by molar-refractivity contribution is -0.135. The van der Waals surface area contributed by atoms with Crippen LogP contribution in [0.4, 0.5) is 0 Å². The SMILES string of the molecule is C[C@@H](Oc1ccc2ccc(=O)oc2c1)C(=O)N(C)C. The fourth-order valence-electron chi connectivity index (χ4n) is 1.73. The molecule has 0 N–H and O–H groups in total. The van der Waals surface area contributed by atoms with Gasteiger partial charge in [-0.2, -0.15) is 0 Å². The Hall–Kier alpha value is -2.30. The third-order valence-electron chi connectivity index (χ3n) is 2.70. The van der Waals surface area contributed by atoms with E-state index in [9.17, 15) is 9.59 Å². The molecule has 0 radical (unpaired) electrons. The number of carbonyl (C=O) groups excluding carboxylic acids is 1. The van der Waals surface area contributed by atoms with Crippen LogP contribution in [0.3, 0.4) is 0 Å². The maximum Gasteiger partial charge on any atom is 0.336 e. The van der Waals surface area contributed by atoms with Crippen LogP contribution in [0.5, 0.6) is 5.75 Å². The van der Waals surface area contributed by atoms with E-state index in [4.69, 9.17) is 9.15 Å². The van der Waals surface area contributed by atoms with E-state index in [1.807, 2.05) is 0 Å². The van der Waals surface area contributed by atoms with Crippen molar-refractivity contribution in [2.75, 3.05) is 14.1 Å². The van der Waals surface area contributed by atoms with Gasteiger partial charge in [0.05, 0.1) is 0 Å². The van der Waals surface area contributed by atoms with E-state index >= 15 is 0 Å². The van der Waals surface area contributed by atoms with E-state index in [0.29, 0.717) is 11.3 Å². The normalized spacial score (nSPS) is 12.2. The van der Waals surface area contributed by atoms with Crippen LogP contribution in [-0.4, -0.2) is 31.0 Å². The van der Waals surface area contributed by atoms with Gasteiger partial charge in [0.15, 0.2) is 6.10 Å². The lowest BCUT2D eigenvalue weighted by Gasteiger charge is -2.18. The highest BCUT2D eigenvalue weighted by atomic mass is 16.5. The second-order valence-corrected chi connectivity index (χ2v) is 4.45. The second-order valence-electron chi connectivity index (χ2n) is 4.45. The van der Waals surface area contributed by atoms with Crippen molar-refractivity contribution in [2.45, 2.75) is 13.0 Å². The van der Waals surface area contributed by atoms with Crippen LogP contribution < -0.4 is 10.4 Å². The fraction of sp³-hybridized carbons (Fsp3) is 0.286. The lowest BCUT2D eigenvalue weighted by atomic mass is 10.2. The first-order valence-corrected chi connectivity index (χ1v) is 5.89. The van der Waals surface area contributed by atoms with E-state index < -0.39 is 11.7 Å². The first-order chi connectivity index (χ1) is 8.97. The minimum absolute atomic E-state index is 0.130. The Kier molecular flexibility index (Phi) is 3.55. The average molecular weight is 261 g/mol. The highest BCUT2D eigenvalue weighted by Crippen LogP contribution is 2.20. The maximum atomic E-state index is 11.7. The molecule has 0 spiro atoms. The minimum atomic E-state index is -0.595. The van der Waals surface area contributed by atoms with Gasteiger partial charge in [0.2, 0.25) is 0 Å². The van der Waals surface area contributed by atoms with Crippen LogP contribution in [0.25, 0.3) is 11.0 Å². The summed E-state index contributed by atoms with van der Waals surface area (Å²) < 4.78 is 10.6. The molecule has 0 aliphatic heterocycles. The Bertz CT molecular complexity index is 660. The van der Waals surface area contributed by atoms with Crippen LogP contribution in [0.15, 0.2) is 39.5 Å². The highest BCUT2D eigenvalue weighted by molar-refractivity contribution is 5.81. The van der Waals surface area contributed by atoms with Crippen LogP contribution in [0.1, 0.15) is 6.92 Å². The van der Waals surface area contributed by atoms with Gasteiger partial charge in [-0.1, -0.05) is 0 Å². The van der Waals surface area contributed by atoms with Crippen LogP contribution in [0, 0.1) is 0 Å². The van der Waals surface area contributed by atoms with Gasteiger partial charge in [0.1, 0.15) is 11.3 Å². The Morgan fingerprint density at radius 3 is 2.63 bits per heavy atom. The monoisotopic (exact) mass is 261 g/mol. The largest absolute Gasteiger partial charge is 0.481 e. The van der Waals surface area contributed by atoms with Crippen molar-refractivity contribution in [1.82, 2.24) is 4.90 Å². The summed E-state index contributed by atoms with van der Waals surface area (Å²) >= 11 is 0. The standard InChI is InChI=1S/C14H15NO4/c1-9(14(17)15(2)3)18-11-6-4-10-5-7-13(16)19-12(10)8-11/h4-9H,1-3H3/t9-/m1/s1. The summed E-state index contributed by atoms with van der Waals surface area (Å²) in [5.41, 5.74) is 0.0246. The van der Waals surface area contributed by atoms with E-state index in [-0.39, 0.29) is 5.91 Å². The number of benzene rings is 1. The predicted octanol–water partition coefficient (Wildman–Crippen LogP) is 1.65.